The van der Waals surface area contributed by atoms with Crippen LogP contribution in [0.5, 0.6) is 0 Å². The highest BCUT2D eigenvalue weighted by atomic mass is 15.0. The molecule has 2 heteroatoms. The molecule has 0 saturated carbocycles. The van der Waals surface area contributed by atoms with E-state index in [0.29, 0.717) is 11.8 Å². The van der Waals surface area contributed by atoms with E-state index < -0.39 is 0 Å². The van der Waals surface area contributed by atoms with Gasteiger partial charge in [-0.15, -0.1) is 0 Å². The van der Waals surface area contributed by atoms with Gasteiger partial charge in [-0.1, -0.05) is 75.2 Å². The van der Waals surface area contributed by atoms with E-state index in [0.717, 1.165) is 0 Å². The van der Waals surface area contributed by atoms with Crippen molar-refractivity contribution in [3.05, 3.63) is 17.2 Å². The molecule has 1 unspecified atom stereocenters. The fraction of sp³-hybridized carbons (Fsp3) is 0.850. The van der Waals surface area contributed by atoms with E-state index in [4.69, 9.17) is 4.98 Å². The van der Waals surface area contributed by atoms with Crippen LogP contribution in [0, 0.1) is 5.92 Å². The third-order valence-electron chi connectivity index (χ3n) is 5.22. The summed E-state index contributed by atoms with van der Waals surface area (Å²) in [5.41, 5.74) is 2.94. The van der Waals surface area contributed by atoms with Crippen molar-refractivity contribution in [1.29, 1.82) is 0 Å². The van der Waals surface area contributed by atoms with Gasteiger partial charge in [0.2, 0.25) is 0 Å². The number of aromatic amines is 1. The van der Waals surface area contributed by atoms with Gasteiger partial charge in [0.25, 0.3) is 0 Å². The number of imidazole rings is 1. The molecule has 0 amide bonds. The van der Waals surface area contributed by atoms with Crippen molar-refractivity contribution in [2.45, 2.75) is 105 Å². The van der Waals surface area contributed by atoms with Gasteiger partial charge in [0.05, 0.1) is 5.69 Å². The second kappa shape index (κ2) is 7.19. The number of hydrogen-bond donors (Lipinski definition) is 1. The number of hydrogen-bond acceptors (Lipinski definition) is 1. The lowest BCUT2D eigenvalue weighted by Crippen LogP contribution is -2.22. The maximum atomic E-state index is 5.14. The smallest absolute Gasteiger partial charge is 0.112 e. The molecule has 0 spiro atoms. The number of H-pyrrole nitrogens is 1. The van der Waals surface area contributed by atoms with E-state index in [9.17, 15) is 0 Å². The molecule has 0 bridgehead atoms. The fourth-order valence-electron chi connectivity index (χ4n) is 3.37. The molecule has 1 aromatic heterocycles. The number of rotatable bonds is 8. The number of nitrogens with one attached hydrogen (secondary N) is 1. The Morgan fingerprint density at radius 1 is 0.909 bits per heavy atom. The van der Waals surface area contributed by atoms with E-state index in [1.807, 2.05) is 0 Å². The van der Waals surface area contributed by atoms with Gasteiger partial charge in [0.15, 0.2) is 0 Å². The molecule has 1 rings (SSSR count). The zero-order valence-electron chi connectivity index (χ0n) is 16.4. The van der Waals surface area contributed by atoms with Crippen molar-refractivity contribution in [2.75, 3.05) is 0 Å². The Hall–Kier alpha value is -0.790. The first kappa shape index (κ1) is 19.3. The van der Waals surface area contributed by atoms with Crippen LogP contribution in [0.15, 0.2) is 0 Å². The second-order valence-corrected chi connectivity index (χ2v) is 8.65. The minimum atomic E-state index is 0.126. The van der Waals surface area contributed by atoms with Crippen LogP contribution in [-0.2, 0) is 10.8 Å². The fourth-order valence-corrected chi connectivity index (χ4v) is 3.37. The van der Waals surface area contributed by atoms with Gasteiger partial charge in [0.1, 0.15) is 5.82 Å². The average molecular weight is 307 g/mol. The Balaban J connectivity index is 3.37. The van der Waals surface area contributed by atoms with E-state index in [1.54, 1.807) is 0 Å². The van der Waals surface area contributed by atoms with Crippen LogP contribution < -0.4 is 0 Å². The topological polar surface area (TPSA) is 28.7 Å². The predicted octanol–water partition coefficient (Wildman–Crippen LogP) is 6.32. The molecule has 2 nitrogen and oxygen atoms in total. The molecule has 0 aliphatic carbocycles. The first-order valence-electron chi connectivity index (χ1n) is 9.17. The molecule has 0 aliphatic rings. The summed E-state index contributed by atoms with van der Waals surface area (Å²) in [7, 11) is 0. The van der Waals surface area contributed by atoms with Gasteiger partial charge >= 0.3 is 0 Å². The van der Waals surface area contributed by atoms with Gasteiger partial charge in [-0.3, -0.25) is 0 Å². The molecule has 1 N–H and O–H groups in total. The standard InChI is InChI=1S/C20H38N2/c1-10-12-19(6,7)17-16(15(5)14(3)4)21-18(22-17)20(8,9)13-11-2/h14-15H,10-13H2,1-9H3,(H,21,22). The van der Waals surface area contributed by atoms with Crippen LogP contribution >= 0.6 is 0 Å². The molecule has 1 atom stereocenters. The van der Waals surface area contributed by atoms with Crippen LogP contribution in [0.4, 0.5) is 0 Å². The molecular weight excluding hydrogens is 268 g/mol. The Labute approximate surface area is 138 Å². The molecule has 128 valence electrons. The number of nitrogens with zero attached hydrogens (tertiary/aromatic N) is 1. The van der Waals surface area contributed by atoms with Gasteiger partial charge in [-0.2, -0.15) is 0 Å². The average Bonchev–Trinajstić information content (AvgIpc) is 2.84. The minimum absolute atomic E-state index is 0.126. The Bertz CT molecular complexity index is 466. The van der Waals surface area contributed by atoms with Gasteiger partial charge in [-0.05, 0) is 18.8 Å². The van der Waals surface area contributed by atoms with Gasteiger partial charge in [0, 0.05) is 22.4 Å². The molecule has 0 aliphatic heterocycles. The Morgan fingerprint density at radius 3 is 1.86 bits per heavy atom. The molecule has 0 saturated heterocycles. The monoisotopic (exact) mass is 306 g/mol. The van der Waals surface area contributed by atoms with Crippen molar-refractivity contribution in [1.82, 2.24) is 9.97 Å². The highest BCUT2D eigenvalue weighted by Crippen LogP contribution is 2.38. The SMILES string of the molecule is CCCC(C)(C)c1nc(C(C)(C)CCC)c(C(C)C(C)C)[nH]1. The molecule has 0 aromatic carbocycles. The molecule has 1 aromatic rings. The lowest BCUT2D eigenvalue weighted by atomic mass is 9.80. The van der Waals surface area contributed by atoms with E-state index in [-0.39, 0.29) is 10.8 Å². The molecule has 0 fully saturated rings. The summed E-state index contributed by atoms with van der Waals surface area (Å²) in [6.45, 7) is 20.8. The summed E-state index contributed by atoms with van der Waals surface area (Å²) in [5.74, 6) is 2.32. The Morgan fingerprint density at radius 2 is 1.41 bits per heavy atom. The van der Waals surface area contributed by atoms with Crippen molar-refractivity contribution < 1.29 is 0 Å². The van der Waals surface area contributed by atoms with Crippen LogP contribution in [0.1, 0.15) is 111 Å². The highest BCUT2D eigenvalue weighted by Gasteiger charge is 2.33. The van der Waals surface area contributed by atoms with Crippen LogP contribution in [0.2, 0.25) is 0 Å². The van der Waals surface area contributed by atoms with Gasteiger partial charge < -0.3 is 4.98 Å². The highest BCUT2D eigenvalue weighted by molar-refractivity contribution is 5.28. The number of aromatic nitrogens is 2. The van der Waals surface area contributed by atoms with Crippen LogP contribution in [-0.4, -0.2) is 9.97 Å². The summed E-state index contributed by atoms with van der Waals surface area (Å²) in [6, 6.07) is 0. The molecule has 22 heavy (non-hydrogen) atoms. The summed E-state index contributed by atoms with van der Waals surface area (Å²) in [5, 5.41) is 0. The maximum Gasteiger partial charge on any atom is 0.112 e. The van der Waals surface area contributed by atoms with Crippen LogP contribution in [0.25, 0.3) is 0 Å². The second-order valence-electron chi connectivity index (χ2n) is 8.65. The zero-order chi connectivity index (χ0) is 17.1. The third-order valence-corrected chi connectivity index (χ3v) is 5.22. The summed E-state index contributed by atoms with van der Waals surface area (Å²) in [6.07, 6.45) is 4.74. The largest absolute Gasteiger partial charge is 0.345 e. The lowest BCUT2D eigenvalue weighted by molar-refractivity contribution is 0.433. The first-order valence-corrected chi connectivity index (χ1v) is 9.17. The zero-order valence-corrected chi connectivity index (χ0v) is 16.4. The van der Waals surface area contributed by atoms with E-state index in [2.05, 4.69) is 67.3 Å². The van der Waals surface area contributed by atoms with Crippen molar-refractivity contribution in [2.24, 2.45) is 5.92 Å². The van der Waals surface area contributed by atoms with E-state index >= 15 is 0 Å². The van der Waals surface area contributed by atoms with Crippen molar-refractivity contribution in [3.63, 3.8) is 0 Å². The van der Waals surface area contributed by atoms with E-state index in [1.165, 1.54) is 42.9 Å². The quantitative estimate of drug-likeness (QED) is 0.597. The molecular formula is C20H38N2. The summed E-state index contributed by atoms with van der Waals surface area (Å²) < 4.78 is 0. The van der Waals surface area contributed by atoms with Crippen molar-refractivity contribution >= 4 is 0 Å². The van der Waals surface area contributed by atoms with Crippen LogP contribution in [0.3, 0.4) is 0 Å². The summed E-state index contributed by atoms with van der Waals surface area (Å²) in [4.78, 5) is 8.88. The molecule has 1 heterocycles. The minimum Gasteiger partial charge on any atom is -0.345 e. The Kier molecular flexibility index (Phi) is 6.29. The third kappa shape index (κ3) is 4.14. The normalized spacial score (nSPS) is 14.6. The lowest BCUT2D eigenvalue weighted by Gasteiger charge is -2.26. The first-order chi connectivity index (χ1) is 10.1. The maximum absolute atomic E-state index is 5.14. The van der Waals surface area contributed by atoms with Gasteiger partial charge in [-0.25, -0.2) is 4.98 Å². The predicted molar refractivity (Wildman–Crippen MR) is 97.7 cm³/mol. The summed E-state index contributed by atoms with van der Waals surface area (Å²) >= 11 is 0. The molecule has 0 radical (unpaired) electrons. The van der Waals surface area contributed by atoms with Crippen molar-refractivity contribution in [3.8, 4) is 0 Å².